The fourth-order valence-corrected chi connectivity index (χ4v) is 2.93. The highest BCUT2D eigenvalue weighted by molar-refractivity contribution is 7.86. The van der Waals surface area contributed by atoms with Crippen molar-refractivity contribution in [2.75, 3.05) is 0 Å². The summed E-state index contributed by atoms with van der Waals surface area (Å²) in [5.74, 6) is 1.63. The minimum absolute atomic E-state index is 0.615. The summed E-state index contributed by atoms with van der Waals surface area (Å²) in [5.41, 5.74) is 0. The van der Waals surface area contributed by atoms with Crippen LogP contribution in [-0.4, -0.2) is 0 Å². The van der Waals surface area contributed by atoms with Gasteiger partial charge in [-0.2, -0.15) is 0 Å². The molecular weight excluding hydrogens is 206 g/mol. The molecule has 3 rings (SSSR count). The van der Waals surface area contributed by atoms with Gasteiger partial charge in [0.1, 0.15) is 11.5 Å². The fraction of sp³-hybridized carbons (Fsp3) is 0. The molecule has 1 aliphatic heterocycles. The molecule has 0 atom stereocenters. The molecular formula is C12H9NOS. The monoisotopic (exact) mass is 215 g/mol. The van der Waals surface area contributed by atoms with Gasteiger partial charge in [-0.25, -0.2) is 0 Å². The third-order valence-electron chi connectivity index (χ3n) is 2.36. The van der Waals surface area contributed by atoms with Gasteiger partial charge in [-0.05, 0) is 35.0 Å². The molecule has 2 aromatic rings. The van der Waals surface area contributed by atoms with E-state index in [4.69, 9.17) is 9.52 Å². The summed E-state index contributed by atoms with van der Waals surface area (Å²) in [6, 6.07) is 15.5. The van der Waals surface area contributed by atoms with Crippen molar-refractivity contribution in [2.24, 2.45) is 0 Å². The minimum Gasteiger partial charge on any atom is -0.455 e. The average molecular weight is 215 g/mol. The number of rotatable bonds is 0. The SMILES string of the molecule is N=S1c2ccccc2Oc2ccccc21. The van der Waals surface area contributed by atoms with Crippen molar-refractivity contribution >= 4 is 10.7 Å². The van der Waals surface area contributed by atoms with Gasteiger partial charge in [-0.3, -0.25) is 4.78 Å². The second-order valence-electron chi connectivity index (χ2n) is 3.30. The molecule has 0 aliphatic carbocycles. The van der Waals surface area contributed by atoms with Crippen molar-refractivity contribution in [3.63, 3.8) is 0 Å². The van der Waals surface area contributed by atoms with Crippen LogP contribution in [0.2, 0.25) is 0 Å². The van der Waals surface area contributed by atoms with E-state index in [1.165, 1.54) is 0 Å². The molecule has 3 heteroatoms. The second-order valence-corrected chi connectivity index (χ2v) is 4.79. The fourth-order valence-electron chi connectivity index (χ4n) is 1.64. The maximum Gasteiger partial charge on any atom is 0.142 e. The topological polar surface area (TPSA) is 33.1 Å². The van der Waals surface area contributed by atoms with Gasteiger partial charge >= 0.3 is 0 Å². The van der Waals surface area contributed by atoms with Gasteiger partial charge in [0, 0.05) is 0 Å². The molecule has 0 bridgehead atoms. The highest BCUT2D eigenvalue weighted by Crippen LogP contribution is 2.39. The van der Waals surface area contributed by atoms with Crippen molar-refractivity contribution in [3.8, 4) is 11.5 Å². The first-order valence-electron chi connectivity index (χ1n) is 4.68. The third kappa shape index (κ3) is 1.27. The molecule has 1 heterocycles. The van der Waals surface area contributed by atoms with E-state index in [9.17, 15) is 0 Å². The van der Waals surface area contributed by atoms with Crippen LogP contribution in [0.4, 0.5) is 0 Å². The first-order valence-corrected chi connectivity index (χ1v) is 5.90. The standard InChI is InChI=1S/C12H9NOS/c13-15-11-7-3-1-5-9(11)14-10-6-2-4-8-12(10)15/h1-8,13H. The van der Waals surface area contributed by atoms with E-state index in [1.807, 2.05) is 48.5 Å². The normalized spacial score (nSPS) is 13.9. The maximum absolute atomic E-state index is 8.18. The number of ether oxygens (including phenoxy) is 1. The molecule has 1 N–H and O–H groups in total. The van der Waals surface area contributed by atoms with Crippen molar-refractivity contribution in [1.82, 2.24) is 0 Å². The Bertz CT molecular complexity index is 503. The molecule has 2 nitrogen and oxygen atoms in total. The van der Waals surface area contributed by atoms with Gasteiger partial charge in [-0.15, -0.1) is 0 Å². The van der Waals surface area contributed by atoms with Gasteiger partial charge in [-0.1, -0.05) is 24.3 Å². The van der Waals surface area contributed by atoms with E-state index in [0.29, 0.717) is 0 Å². The molecule has 0 aromatic heterocycles. The highest BCUT2D eigenvalue weighted by atomic mass is 32.2. The molecule has 0 saturated heterocycles. The Hall–Kier alpha value is -1.61. The van der Waals surface area contributed by atoms with Crippen LogP contribution in [-0.2, 0) is 10.7 Å². The number of para-hydroxylation sites is 2. The van der Waals surface area contributed by atoms with E-state index in [2.05, 4.69) is 0 Å². The van der Waals surface area contributed by atoms with Crippen molar-refractivity contribution < 1.29 is 4.74 Å². The Labute approximate surface area is 90.4 Å². The van der Waals surface area contributed by atoms with Gasteiger partial charge in [0.25, 0.3) is 0 Å². The maximum atomic E-state index is 8.18. The number of hydrogen-bond acceptors (Lipinski definition) is 2. The lowest BCUT2D eigenvalue weighted by molar-refractivity contribution is 0.453. The Morgan fingerprint density at radius 1 is 0.800 bits per heavy atom. The first kappa shape index (κ1) is 8.68. The van der Waals surface area contributed by atoms with E-state index in [0.717, 1.165) is 21.3 Å². The molecule has 2 aromatic carbocycles. The van der Waals surface area contributed by atoms with Crippen LogP contribution < -0.4 is 4.74 Å². The van der Waals surface area contributed by atoms with Gasteiger partial charge in [0.15, 0.2) is 0 Å². The van der Waals surface area contributed by atoms with Crippen LogP contribution in [0.3, 0.4) is 0 Å². The van der Waals surface area contributed by atoms with Gasteiger partial charge in [0.05, 0.1) is 9.79 Å². The summed E-state index contributed by atoms with van der Waals surface area (Å²) in [6.45, 7) is 0. The summed E-state index contributed by atoms with van der Waals surface area (Å²) < 4.78 is 13.9. The van der Waals surface area contributed by atoms with E-state index in [-0.39, 0.29) is 0 Å². The molecule has 15 heavy (non-hydrogen) atoms. The van der Waals surface area contributed by atoms with Crippen molar-refractivity contribution in [1.29, 1.82) is 4.78 Å². The largest absolute Gasteiger partial charge is 0.455 e. The lowest BCUT2D eigenvalue weighted by atomic mass is 10.3. The van der Waals surface area contributed by atoms with Crippen LogP contribution in [0.15, 0.2) is 58.3 Å². The minimum atomic E-state index is -0.615. The zero-order chi connectivity index (χ0) is 10.3. The van der Waals surface area contributed by atoms with Crippen LogP contribution in [0.25, 0.3) is 0 Å². The number of fused-ring (bicyclic) bond motifs is 2. The zero-order valence-electron chi connectivity index (χ0n) is 7.94. The summed E-state index contributed by atoms with van der Waals surface area (Å²) in [5, 5.41) is 0. The van der Waals surface area contributed by atoms with Gasteiger partial charge in [0.2, 0.25) is 0 Å². The number of nitrogens with one attached hydrogen (secondary N) is 1. The summed E-state index contributed by atoms with van der Waals surface area (Å²) in [4.78, 5) is 1.94. The summed E-state index contributed by atoms with van der Waals surface area (Å²) in [7, 11) is -0.615. The zero-order valence-corrected chi connectivity index (χ0v) is 8.75. The second kappa shape index (κ2) is 3.21. The molecule has 0 radical (unpaired) electrons. The molecule has 1 aliphatic rings. The Morgan fingerprint density at radius 2 is 1.27 bits per heavy atom. The highest BCUT2D eigenvalue weighted by Gasteiger charge is 2.19. The first-order chi connectivity index (χ1) is 7.36. The quantitative estimate of drug-likeness (QED) is 0.610. The lowest BCUT2D eigenvalue weighted by Gasteiger charge is -2.20. The number of hydrogen-bond donors (Lipinski definition) is 1. The van der Waals surface area contributed by atoms with Crippen LogP contribution in [0, 0.1) is 4.78 Å². The van der Waals surface area contributed by atoms with E-state index >= 15 is 0 Å². The van der Waals surface area contributed by atoms with Crippen LogP contribution >= 0.6 is 0 Å². The van der Waals surface area contributed by atoms with E-state index < -0.39 is 10.7 Å². The molecule has 0 spiro atoms. The summed E-state index contributed by atoms with van der Waals surface area (Å²) >= 11 is 0. The van der Waals surface area contributed by atoms with Crippen LogP contribution in [0.1, 0.15) is 0 Å². The molecule has 0 amide bonds. The lowest BCUT2D eigenvalue weighted by Crippen LogP contribution is -2.03. The van der Waals surface area contributed by atoms with Crippen molar-refractivity contribution in [2.45, 2.75) is 9.79 Å². The molecule has 0 saturated carbocycles. The molecule has 0 fully saturated rings. The Balaban J connectivity index is 2.24. The van der Waals surface area contributed by atoms with E-state index in [1.54, 1.807) is 0 Å². The average Bonchev–Trinajstić information content (AvgIpc) is 2.30. The Morgan fingerprint density at radius 3 is 1.80 bits per heavy atom. The Kier molecular flexibility index (Phi) is 1.86. The van der Waals surface area contributed by atoms with Gasteiger partial charge < -0.3 is 4.74 Å². The summed E-state index contributed by atoms with van der Waals surface area (Å²) in [6.07, 6.45) is 0. The predicted molar refractivity (Wildman–Crippen MR) is 59.6 cm³/mol. The molecule has 74 valence electrons. The predicted octanol–water partition coefficient (Wildman–Crippen LogP) is 3.59. The number of benzene rings is 2. The van der Waals surface area contributed by atoms with Crippen LogP contribution in [0.5, 0.6) is 11.5 Å². The van der Waals surface area contributed by atoms with Crippen molar-refractivity contribution in [3.05, 3.63) is 48.5 Å². The molecule has 0 unspecified atom stereocenters. The third-order valence-corrected chi connectivity index (χ3v) is 3.91. The smallest absolute Gasteiger partial charge is 0.142 e.